The van der Waals surface area contributed by atoms with Crippen molar-refractivity contribution in [3.05, 3.63) is 67.8 Å². The Kier molecular flexibility index (Phi) is 17.9. The fourth-order valence-electron chi connectivity index (χ4n) is 3.82. The van der Waals surface area contributed by atoms with Gasteiger partial charge >= 0.3 is 40.2 Å². The van der Waals surface area contributed by atoms with E-state index in [-0.39, 0.29) is 51.2 Å². The van der Waals surface area contributed by atoms with Gasteiger partial charge in [0.15, 0.2) is 11.6 Å². The Morgan fingerprint density at radius 3 is 0.750 bits per heavy atom. The molecule has 2 heterocycles. The van der Waals surface area contributed by atoms with Gasteiger partial charge < -0.3 is 31.4 Å². The van der Waals surface area contributed by atoms with E-state index in [0.29, 0.717) is 12.1 Å². The average Bonchev–Trinajstić information content (AvgIpc) is 3.08. The summed E-state index contributed by atoms with van der Waals surface area (Å²) in [6, 6.07) is 1.34. The Labute approximate surface area is 262 Å². The van der Waals surface area contributed by atoms with Crippen molar-refractivity contribution in [3.8, 4) is 35.2 Å². The van der Waals surface area contributed by atoms with Crippen LogP contribution in [0.3, 0.4) is 0 Å². The molecule has 0 unspecified atom stereocenters. The molecule has 2 aromatic heterocycles. The molecule has 0 aliphatic carbocycles. The molecule has 0 amide bonds. The quantitative estimate of drug-likeness (QED) is 0.255. The van der Waals surface area contributed by atoms with Gasteiger partial charge in [-0.15, -0.1) is 0 Å². The summed E-state index contributed by atoms with van der Waals surface area (Å²) in [6.07, 6.45) is 0. The Bertz CT molecular complexity index is 1090. The van der Waals surface area contributed by atoms with Crippen LogP contribution in [-0.4, -0.2) is 30.9 Å². The second kappa shape index (κ2) is 17.2. The van der Waals surface area contributed by atoms with Crippen molar-refractivity contribution in [2.24, 2.45) is 0 Å². The third kappa shape index (κ3) is 9.73. The van der Waals surface area contributed by atoms with Crippen molar-refractivity contribution < 1.29 is 71.6 Å². The zero-order chi connectivity index (χ0) is 27.5. The van der Waals surface area contributed by atoms with E-state index in [9.17, 15) is 20.4 Å². The molecule has 10 nitrogen and oxygen atoms in total. The monoisotopic (exact) mass is 910 g/mol. The summed E-state index contributed by atoms with van der Waals surface area (Å²) in [5.41, 5.74) is 14.7. The molecule has 0 aliphatic rings. The first kappa shape index (κ1) is 41.8. The van der Waals surface area contributed by atoms with E-state index in [1.165, 1.54) is 55.6 Å². The molecule has 0 atom stereocenters. The normalized spacial score (nSPS) is 9.35. The van der Waals surface area contributed by atoms with Gasteiger partial charge in [0.05, 0.1) is 0 Å². The summed E-state index contributed by atoms with van der Waals surface area (Å²) in [6.45, 7) is 22.0. The van der Waals surface area contributed by atoms with Gasteiger partial charge in [-0.25, -0.2) is 19.9 Å². The summed E-state index contributed by atoms with van der Waals surface area (Å²) in [7, 11) is 0. The minimum absolute atomic E-state index is 0. The predicted octanol–water partition coefficient (Wildman–Crippen LogP) is 1.47. The smallest absolute Gasteiger partial charge is 0.859 e. The van der Waals surface area contributed by atoms with Crippen LogP contribution in [-0.2, 0) is 40.2 Å². The third-order valence-electron chi connectivity index (χ3n) is 7.18. The molecule has 0 fully saturated rings. The summed E-state index contributed by atoms with van der Waals surface area (Å²) in [5, 5.41) is 43.6. The zero-order valence-corrected chi connectivity index (χ0v) is 29.0. The van der Waals surface area contributed by atoms with Gasteiger partial charge in [0.2, 0.25) is 0 Å². The van der Waals surface area contributed by atoms with Crippen LogP contribution in [0.15, 0.2) is 12.1 Å². The second-order valence-electron chi connectivity index (χ2n) is 8.99. The molecule has 0 bridgehead atoms. The number of hydrogen-bond donors (Lipinski definition) is 0. The summed E-state index contributed by atoms with van der Waals surface area (Å²) < 4.78 is 0. The molecule has 4 aromatic rings. The Morgan fingerprint density at radius 1 is 0.450 bits per heavy atom. The van der Waals surface area contributed by atoms with E-state index in [4.69, 9.17) is 0 Å². The maximum atomic E-state index is 10.9. The maximum absolute atomic E-state index is 10.9. The fraction of sp³-hybridized carbons (Fsp3) is 0.357. The van der Waals surface area contributed by atoms with Crippen LogP contribution in [0.2, 0.25) is 0 Å². The van der Waals surface area contributed by atoms with Crippen molar-refractivity contribution in [2.45, 2.75) is 69.2 Å². The minimum atomic E-state index is -0.831. The summed E-state index contributed by atoms with van der Waals surface area (Å²) in [5.74, 6) is -4.17. The molecular formula is C28H36Ir2N4O6. The molecule has 12 heteroatoms. The van der Waals surface area contributed by atoms with Crippen LogP contribution in [0.5, 0.6) is 23.5 Å². The molecule has 2 aromatic carbocycles. The van der Waals surface area contributed by atoms with Crippen molar-refractivity contribution in [3.63, 3.8) is 0 Å². The first-order valence-corrected chi connectivity index (χ1v) is 11.5. The predicted molar refractivity (Wildman–Crippen MR) is 140 cm³/mol. The van der Waals surface area contributed by atoms with Gasteiger partial charge in [-0.3, -0.25) is 0 Å². The van der Waals surface area contributed by atoms with Gasteiger partial charge in [0.25, 0.3) is 0 Å². The number of nitrogens with zero attached hydrogens (tertiary/aromatic N) is 4. The molecule has 0 aliphatic heterocycles. The summed E-state index contributed by atoms with van der Waals surface area (Å²) in [4.78, 5) is 13.3. The van der Waals surface area contributed by atoms with Gasteiger partial charge in [-0.2, -0.15) is 55.6 Å². The van der Waals surface area contributed by atoms with E-state index in [1.54, 1.807) is 0 Å². The minimum Gasteiger partial charge on any atom is -0.859 e. The van der Waals surface area contributed by atoms with Crippen molar-refractivity contribution in [2.75, 3.05) is 0 Å². The topological polar surface area (TPSA) is 207 Å². The first-order chi connectivity index (χ1) is 16.6. The van der Waals surface area contributed by atoms with E-state index in [0.717, 1.165) is 0 Å². The van der Waals surface area contributed by atoms with Gasteiger partial charge in [-0.1, -0.05) is 69.2 Å². The fourth-order valence-corrected chi connectivity index (χ4v) is 3.82. The Morgan fingerprint density at radius 2 is 0.625 bits per heavy atom. The molecule has 40 heavy (non-hydrogen) atoms. The van der Waals surface area contributed by atoms with Crippen LogP contribution in [0, 0.1) is 69.2 Å². The molecule has 0 saturated carbocycles. The number of rotatable bonds is 1. The van der Waals surface area contributed by atoms with Crippen molar-refractivity contribution >= 4 is 0 Å². The molecular weight excluding hydrogens is 873 g/mol. The standard InChI is InChI=1S/2C10H15.C8H6N4O4.2Ir.2H2O/c2*1-6-7(2)9(4)10(5)8(6)3;13-3-1-4(14)10-7(9-3)8-11-5(15)2-6(16)12-8;;;;/h2*1-5H3;1-2H,(H2,9,10,13,14)(H2,11,12,15,16);;;2*1H2/q2*-1;;2*+3;;/p-4. The zero-order valence-electron chi connectivity index (χ0n) is 24.2. The third-order valence-corrected chi connectivity index (χ3v) is 7.18. The van der Waals surface area contributed by atoms with Gasteiger partial charge in [0, 0.05) is 0 Å². The molecule has 0 saturated heterocycles. The van der Waals surface area contributed by atoms with Crippen LogP contribution >= 0.6 is 0 Å². The van der Waals surface area contributed by atoms with E-state index in [1.807, 2.05) is 0 Å². The summed E-state index contributed by atoms with van der Waals surface area (Å²) >= 11 is 0. The maximum Gasteiger partial charge on any atom is 3.00 e. The number of hydrogen-bond acceptors (Lipinski definition) is 8. The van der Waals surface area contributed by atoms with E-state index in [2.05, 4.69) is 89.2 Å². The molecule has 4 rings (SSSR count). The van der Waals surface area contributed by atoms with Gasteiger partial charge in [0.1, 0.15) is 0 Å². The Hall–Kier alpha value is -2.72. The molecule has 0 spiro atoms. The van der Waals surface area contributed by atoms with Crippen LogP contribution in [0.1, 0.15) is 55.6 Å². The second-order valence-corrected chi connectivity index (χ2v) is 8.99. The van der Waals surface area contributed by atoms with Crippen LogP contribution < -0.4 is 20.4 Å². The van der Waals surface area contributed by atoms with Crippen LogP contribution in [0.4, 0.5) is 0 Å². The molecule has 0 radical (unpaired) electrons. The SMILES string of the molecule is Cc1c(C)c(C)[c-](C)c1C.Cc1c(C)c(C)[c-](C)c1C.O.O.[Ir+3].[Ir+3].[O-]c1cc([O-])nc(-c2nc([O-])cc([O-])n2)n1. The average molecular weight is 909 g/mol. The molecule has 222 valence electrons. The van der Waals surface area contributed by atoms with Crippen molar-refractivity contribution in [1.82, 2.24) is 19.9 Å². The van der Waals surface area contributed by atoms with E-state index >= 15 is 0 Å². The Balaban J connectivity index is -0.000000509. The largest absolute Gasteiger partial charge is 3.00 e. The first-order valence-electron chi connectivity index (χ1n) is 11.5. The van der Waals surface area contributed by atoms with Gasteiger partial charge in [-0.05, 0) is 35.7 Å². The van der Waals surface area contributed by atoms with Crippen LogP contribution in [0.25, 0.3) is 11.6 Å². The van der Waals surface area contributed by atoms with E-state index < -0.39 is 35.2 Å². The van der Waals surface area contributed by atoms with Crippen molar-refractivity contribution in [1.29, 1.82) is 0 Å². The molecule has 4 N–H and O–H groups in total. The number of aromatic nitrogens is 4.